The van der Waals surface area contributed by atoms with Crippen LogP contribution >= 0.6 is 11.6 Å². The van der Waals surface area contributed by atoms with Gasteiger partial charge in [0.1, 0.15) is 0 Å². The third kappa shape index (κ3) is 5.95. The van der Waals surface area contributed by atoms with Crippen LogP contribution < -0.4 is 9.62 Å². The summed E-state index contributed by atoms with van der Waals surface area (Å²) in [5, 5.41) is 3.44. The maximum absolute atomic E-state index is 13.6. The first-order valence-corrected chi connectivity index (χ1v) is 12.6. The Bertz CT molecular complexity index is 1210. The van der Waals surface area contributed by atoms with Crippen molar-refractivity contribution in [1.82, 2.24) is 5.32 Å². The van der Waals surface area contributed by atoms with Crippen LogP contribution in [0.25, 0.3) is 0 Å². The average Bonchev–Trinajstić information content (AvgIpc) is 2.80. The molecule has 0 aromatic heterocycles. The van der Waals surface area contributed by atoms with E-state index in [4.69, 9.17) is 11.6 Å². The normalized spacial score (nSPS) is 12.4. The summed E-state index contributed by atoms with van der Waals surface area (Å²) in [6, 6.07) is 20.6. The molecule has 0 spiro atoms. The molecule has 0 saturated carbocycles. The molecule has 0 radical (unpaired) electrons. The molecule has 0 heterocycles. The Hall–Kier alpha value is -2.83. The largest absolute Gasteiger partial charge is 0.349 e. The molecule has 174 valence electrons. The molecule has 33 heavy (non-hydrogen) atoms. The van der Waals surface area contributed by atoms with Crippen LogP contribution in [0.4, 0.5) is 5.69 Å². The Morgan fingerprint density at radius 3 is 2.21 bits per heavy atom. The topological polar surface area (TPSA) is 66.5 Å². The lowest BCUT2D eigenvalue weighted by Gasteiger charge is -2.26. The van der Waals surface area contributed by atoms with E-state index >= 15 is 0 Å². The first-order valence-electron chi connectivity index (χ1n) is 10.8. The smallest absolute Gasteiger partial charge is 0.264 e. The molecule has 1 amide bonds. The predicted octanol–water partition coefficient (Wildman–Crippen LogP) is 5.82. The van der Waals surface area contributed by atoms with Crippen molar-refractivity contribution in [3.63, 3.8) is 0 Å². The Kier molecular flexibility index (Phi) is 7.82. The molecule has 0 fully saturated rings. The van der Waals surface area contributed by atoms with E-state index < -0.39 is 10.0 Å². The van der Waals surface area contributed by atoms with E-state index in [1.165, 1.54) is 4.31 Å². The first kappa shape index (κ1) is 24.8. The molecular formula is C26H29ClN2O3S. The fraction of sp³-hybridized carbons (Fsp3) is 0.269. The van der Waals surface area contributed by atoms with Gasteiger partial charge >= 0.3 is 0 Å². The number of rotatable bonds is 8. The summed E-state index contributed by atoms with van der Waals surface area (Å²) in [6.45, 7) is 8.02. The predicted molar refractivity (Wildman–Crippen MR) is 134 cm³/mol. The molecule has 7 heteroatoms. The lowest BCUT2D eigenvalue weighted by molar-refractivity contribution is 0.0930. The Morgan fingerprint density at radius 1 is 0.970 bits per heavy atom. The molecule has 5 nitrogen and oxygen atoms in total. The van der Waals surface area contributed by atoms with Gasteiger partial charge in [0.2, 0.25) is 0 Å². The summed E-state index contributed by atoms with van der Waals surface area (Å²) in [5.74, 6) is 0.174. The third-order valence-corrected chi connectivity index (χ3v) is 7.68. The number of carbonyl (C=O) groups excluding carboxylic acids is 1. The highest BCUT2D eigenvalue weighted by atomic mass is 35.5. The number of aryl methyl sites for hydroxylation is 1. The molecule has 0 aliphatic heterocycles. The van der Waals surface area contributed by atoms with Crippen molar-refractivity contribution in [1.29, 1.82) is 0 Å². The number of benzene rings is 3. The quantitative estimate of drug-likeness (QED) is 0.438. The van der Waals surface area contributed by atoms with Crippen molar-refractivity contribution in [2.24, 2.45) is 5.92 Å². The Balaban J connectivity index is 1.94. The van der Waals surface area contributed by atoms with Crippen LogP contribution in [0.1, 0.15) is 42.3 Å². The second-order valence-corrected chi connectivity index (χ2v) is 10.8. The highest BCUT2D eigenvalue weighted by molar-refractivity contribution is 7.92. The Morgan fingerprint density at radius 2 is 1.61 bits per heavy atom. The average molecular weight is 485 g/mol. The number of sulfonamides is 1. The molecule has 0 saturated heterocycles. The summed E-state index contributed by atoms with van der Waals surface area (Å²) in [7, 11) is -3.85. The zero-order valence-corrected chi connectivity index (χ0v) is 20.8. The monoisotopic (exact) mass is 484 g/mol. The first-order chi connectivity index (χ1) is 15.6. The number of amides is 1. The minimum Gasteiger partial charge on any atom is -0.349 e. The summed E-state index contributed by atoms with van der Waals surface area (Å²) >= 11 is 6.21. The zero-order valence-electron chi connectivity index (χ0n) is 19.2. The minimum absolute atomic E-state index is 0.0505. The molecule has 3 aromatic carbocycles. The summed E-state index contributed by atoms with van der Waals surface area (Å²) in [5.41, 5.74) is 2.58. The summed E-state index contributed by atoms with van der Waals surface area (Å²) in [6.07, 6.45) is 0. The van der Waals surface area contributed by atoms with Gasteiger partial charge in [0.05, 0.1) is 17.1 Å². The van der Waals surface area contributed by atoms with Gasteiger partial charge in [-0.2, -0.15) is 0 Å². The number of nitrogens with zero attached hydrogens (tertiary/aromatic N) is 1. The van der Waals surface area contributed by atoms with Gasteiger partial charge in [0, 0.05) is 16.6 Å². The molecule has 3 aromatic rings. The highest BCUT2D eigenvalue weighted by Crippen LogP contribution is 2.31. The van der Waals surface area contributed by atoms with Gasteiger partial charge in [-0.3, -0.25) is 9.10 Å². The van der Waals surface area contributed by atoms with Crippen molar-refractivity contribution >= 4 is 33.2 Å². The van der Waals surface area contributed by atoms with Crippen LogP contribution in [-0.2, 0) is 16.6 Å². The van der Waals surface area contributed by atoms with Crippen LogP contribution in [0.5, 0.6) is 0 Å². The summed E-state index contributed by atoms with van der Waals surface area (Å²) < 4.78 is 28.5. The number of anilines is 1. The van der Waals surface area contributed by atoms with Crippen molar-refractivity contribution in [3.05, 3.63) is 94.5 Å². The van der Waals surface area contributed by atoms with E-state index in [1.807, 2.05) is 27.7 Å². The number of hydrogen-bond acceptors (Lipinski definition) is 3. The number of carbonyl (C=O) groups is 1. The van der Waals surface area contributed by atoms with Crippen LogP contribution in [0.15, 0.2) is 77.7 Å². The van der Waals surface area contributed by atoms with Crippen LogP contribution in [0.3, 0.4) is 0 Å². The third-order valence-electron chi connectivity index (χ3n) is 5.67. The van der Waals surface area contributed by atoms with Crippen molar-refractivity contribution in [2.75, 3.05) is 4.31 Å². The fourth-order valence-corrected chi connectivity index (χ4v) is 4.95. The summed E-state index contributed by atoms with van der Waals surface area (Å²) in [4.78, 5) is 12.7. The van der Waals surface area contributed by atoms with Gasteiger partial charge in [-0.15, -0.1) is 0 Å². The van der Waals surface area contributed by atoms with Gasteiger partial charge < -0.3 is 5.32 Å². The van der Waals surface area contributed by atoms with Gasteiger partial charge in [0.25, 0.3) is 15.9 Å². The molecule has 1 atom stereocenters. The zero-order chi connectivity index (χ0) is 24.2. The fourth-order valence-electron chi connectivity index (χ4n) is 3.25. The van der Waals surface area contributed by atoms with E-state index in [0.717, 1.165) is 11.1 Å². The van der Waals surface area contributed by atoms with Crippen molar-refractivity contribution in [2.45, 2.75) is 45.2 Å². The van der Waals surface area contributed by atoms with Crippen molar-refractivity contribution < 1.29 is 13.2 Å². The van der Waals surface area contributed by atoms with E-state index in [2.05, 4.69) is 5.32 Å². The second-order valence-electron chi connectivity index (χ2n) is 8.46. The van der Waals surface area contributed by atoms with Crippen LogP contribution in [0.2, 0.25) is 5.02 Å². The van der Waals surface area contributed by atoms with E-state index in [-0.39, 0.29) is 23.4 Å². The Labute approximate surface area is 201 Å². The lowest BCUT2D eigenvalue weighted by atomic mass is 10.1. The number of hydrogen-bond donors (Lipinski definition) is 1. The van der Waals surface area contributed by atoms with E-state index in [1.54, 1.807) is 72.8 Å². The van der Waals surface area contributed by atoms with Crippen LogP contribution in [-0.4, -0.2) is 20.4 Å². The standard InChI is InChI=1S/C26H29ClN2O3S/c1-18(2)20(4)28-26(30)22-13-11-21(12-14-22)17-29(25-16-23(27)15-10-19(25)3)33(31,32)24-8-6-5-7-9-24/h5-16,18,20H,17H2,1-4H3,(H,28,30). The lowest BCUT2D eigenvalue weighted by Crippen LogP contribution is -2.36. The minimum atomic E-state index is -3.85. The SMILES string of the molecule is Cc1ccc(Cl)cc1N(Cc1ccc(C(=O)NC(C)C(C)C)cc1)S(=O)(=O)c1ccccc1. The molecule has 0 aliphatic rings. The van der Waals surface area contributed by atoms with E-state index in [0.29, 0.717) is 22.2 Å². The molecule has 0 aliphatic carbocycles. The maximum atomic E-state index is 13.6. The second kappa shape index (κ2) is 10.4. The number of halogens is 1. The number of nitrogens with one attached hydrogen (secondary N) is 1. The van der Waals surface area contributed by atoms with Gasteiger partial charge in [-0.05, 0) is 67.3 Å². The van der Waals surface area contributed by atoms with Gasteiger partial charge in [0.15, 0.2) is 0 Å². The van der Waals surface area contributed by atoms with Gasteiger partial charge in [-0.25, -0.2) is 8.42 Å². The molecular weight excluding hydrogens is 456 g/mol. The van der Waals surface area contributed by atoms with Gasteiger partial charge in [-0.1, -0.05) is 61.8 Å². The molecule has 0 bridgehead atoms. The molecule has 3 rings (SSSR count). The maximum Gasteiger partial charge on any atom is 0.264 e. The van der Waals surface area contributed by atoms with E-state index in [9.17, 15) is 13.2 Å². The van der Waals surface area contributed by atoms with Crippen molar-refractivity contribution in [3.8, 4) is 0 Å². The van der Waals surface area contributed by atoms with Crippen LogP contribution in [0, 0.1) is 12.8 Å². The molecule has 1 unspecified atom stereocenters. The highest BCUT2D eigenvalue weighted by Gasteiger charge is 2.26. The molecule has 1 N–H and O–H groups in total.